The lowest BCUT2D eigenvalue weighted by atomic mass is 10.0. The van der Waals surface area contributed by atoms with Gasteiger partial charge in [0, 0.05) is 0 Å². The maximum atomic E-state index is 4.21. The van der Waals surface area contributed by atoms with E-state index in [4.69, 9.17) is 0 Å². The number of thiol groups is 1. The summed E-state index contributed by atoms with van der Waals surface area (Å²) >= 11 is 4.21. The topological polar surface area (TPSA) is 0 Å². The average molecular weight is 208 g/mol. The second-order valence-corrected chi connectivity index (χ2v) is 4.41. The van der Waals surface area contributed by atoms with Gasteiger partial charge in [-0.1, -0.05) is 30.2 Å². The Bertz CT molecular complexity index is 279. The molecule has 14 heavy (non-hydrogen) atoms. The Kier molecular flexibility index (Phi) is 5.10. The summed E-state index contributed by atoms with van der Waals surface area (Å²) in [6.07, 6.45) is 5.06. The van der Waals surface area contributed by atoms with E-state index in [9.17, 15) is 0 Å². The largest absolute Gasteiger partial charge is 0.179 e. The summed E-state index contributed by atoms with van der Waals surface area (Å²) in [5.74, 6) is 1.02. The van der Waals surface area contributed by atoms with Crippen LogP contribution in [0.3, 0.4) is 0 Å². The number of hydrogen-bond acceptors (Lipinski definition) is 1. The predicted octanol–water partition coefficient (Wildman–Crippen LogP) is 3.95. The van der Waals surface area contributed by atoms with Crippen LogP contribution in [0.5, 0.6) is 0 Å². The SMILES string of the molecule is Cc1ccc(CCCCCS)c(C)c1. The van der Waals surface area contributed by atoms with Gasteiger partial charge in [0.1, 0.15) is 0 Å². The van der Waals surface area contributed by atoms with E-state index in [1.54, 1.807) is 0 Å². The molecule has 0 nitrogen and oxygen atoms in total. The van der Waals surface area contributed by atoms with Crippen molar-refractivity contribution in [3.8, 4) is 0 Å². The molecule has 1 aromatic rings. The van der Waals surface area contributed by atoms with E-state index in [1.807, 2.05) is 0 Å². The molecular formula is C13H20S. The van der Waals surface area contributed by atoms with Crippen LogP contribution in [0.2, 0.25) is 0 Å². The second-order valence-electron chi connectivity index (χ2n) is 3.96. The molecule has 0 aliphatic carbocycles. The first kappa shape index (κ1) is 11.6. The number of benzene rings is 1. The van der Waals surface area contributed by atoms with Gasteiger partial charge >= 0.3 is 0 Å². The lowest BCUT2D eigenvalue weighted by molar-refractivity contribution is 0.721. The van der Waals surface area contributed by atoms with E-state index in [2.05, 4.69) is 44.7 Å². The van der Waals surface area contributed by atoms with Crippen molar-refractivity contribution in [3.63, 3.8) is 0 Å². The van der Waals surface area contributed by atoms with Gasteiger partial charge in [-0.3, -0.25) is 0 Å². The molecule has 0 aliphatic heterocycles. The molecule has 0 N–H and O–H groups in total. The summed E-state index contributed by atoms with van der Waals surface area (Å²) in [6.45, 7) is 4.36. The molecule has 1 aromatic carbocycles. The van der Waals surface area contributed by atoms with Crippen LogP contribution in [0, 0.1) is 13.8 Å². The van der Waals surface area contributed by atoms with Gasteiger partial charge in [0.25, 0.3) is 0 Å². The Balaban J connectivity index is 2.42. The molecule has 0 amide bonds. The van der Waals surface area contributed by atoms with Crippen LogP contribution in [-0.4, -0.2) is 5.75 Å². The maximum absolute atomic E-state index is 4.21. The Morgan fingerprint density at radius 1 is 1.07 bits per heavy atom. The molecular weight excluding hydrogens is 188 g/mol. The zero-order valence-corrected chi connectivity index (χ0v) is 10.1. The molecule has 0 spiro atoms. The number of rotatable bonds is 5. The summed E-state index contributed by atoms with van der Waals surface area (Å²) in [6, 6.07) is 6.75. The quantitative estimate of drug-likeness (QED) is 0.550. The molecule has 0 unspecified atom stereocenters. The molecule has 0 saturated carbocycles. The maximum Gasteiger partial charge on any atom is -0.00979 e. The smallest absolute Gasteiger partial charge is 0.00979 e. The highest BCUT2D eigenvalue weighted by Gasteiger charge is 1.98. The van der Waals surface area contributed by atoms with Crippen LogP contribution in [0.15, 0.2) is 18.2 Å². The van der Waals surface area contributed by atoms with Gasteiger partial charge in [-0.2, -0.15) is 12.6 Å². The van der Waals surface area contributed by atoms with Gasteiger partial charge in [-0.25, -0.2) is 0 Å². The van der Waals surface area contributed by atoms with Crippen LogP contribution < -0.4 is 0 Å². The molecule has 0 heterocycles. The first-order valence-electron chi connectivity index (χ1n) is 5.41. The Hall–Kier alpha value is -0.430. The Morgan fingerprint density at radius 2 is 1.86 bits per heavy atom. The molecule has 0 saturated heterocycles. The van der Waals surface area contributed by atoms with Crippen LogP contribution in [0.25, 0.3) is 0 Å². The normalized spacial score (nSPS) is 10.5. The highest BCUT2D eigenvalue weighted by Crippen LogP contribution is 2.13. The van der Waals surface area contributed by atoms with E-state index in [-0.39, 0.29) is 0 Å². The van der Waals surface area contributed by atoms with Gasteiger partial charge in [-0.15, -0.1) is 0 Å². The first-order valence-corrected chi connectivity index (χ1v) is 6.04. The fourth-order valence-corrected chi connectivity index (χ4v) is 1.95. The van der Waals surface area contributed by atoms with Crippen molar-refractivity contribution in [3.05, 3.63) is 34.9 Å². The monoisotopic (exact) mass is 208 g/mol. The minimum Gasteiger partial charge on any atom is -0.179 e. The second kappa shape index (κ2) is 6.13. The van der Waals surface area contributed by atoms with Crippen LogP contribution in [0.4, 0.5) is 0 Å². The molecule has 0 fully saturated rings. The van der Waals surface area contributed by atoms with Crippen molar-refractivity contribution in [2.45, 2.75) is 39.5 Å². The third-order valence-electron chi connectivity index (χ3n) is 2.60. The van der Waals surface area contributed by atoms with E-state index in [1.165, 1.54) is 42.4 Å². The third-order valence-corrected chi connectivity index (χ3v) is 2.92. The zero-order chi connectivity index (χ0) is 10.4. The van der Waals surface area contributed by atoms with Gasteiger partial charge in [0.05, 0.1) is 0 Å². The van der Waals surface area contributed by atoms with E-state index in [0.29, 0.717) is 0 Å². The lowest BCUT2D eigenvalue weighted by Crippen LogP contribution is -1.91. The molecule has 1 heteroatoms. The highest BCUT2D eigenvalue weighted by atomic mass is 32.1. The van der Waals surface area contributed by atoms with Gasteiger partial charge in [0.15, 0.2) is 0 Å². The minimum absolute atomic E-state index is 1.02. The molecule has 0 bridgehead atoms. The number of aryl methyl sites for hydroxylation is 3. The summed E-state index contributed by atoms with van der Waals surface area (Å²) in [7, 11) is 0. The Labute approximate surface area is 93.1 Å². The van der Waals surface area contributed by atoms with Gasteiger partial charge in [-0.05, 0) is 50.0 Å². The molecule has 0 atom stereocenters. The highest BCUT2D eigenvalue weighted by molar-refractivity contribution is 7.80. The summed E-state index contributed by atoms with van der Waals surface area (Å²) in [5, 5.41) is 0. The van der Waals surface area contributed by atoms with Crippen molar-refractivity contribution < 1.29 is 0 Å². The lowest BCUT2D eigenvalue weighted by Gasteiger charge is -2.06. The van der Waals surface area contributed by atoms with Crippen LogP contribution in [0.1, 0.15) is 36.0 Å². The van der Waals surface area contributed by atoms with Crippen molar-refractivity contribution in [1.29, 1.82) is 0 Å². The third kappa shape index (κ3) is 3.75. The number of unbranched alkanes of at least 4 members (excludes halogenated alkanes) is 2. The fourth-order valence-electron chi connectivity index (χ4n) is 1.73. The first-order chi connectivity index (χ1) is 6.74. The van der Waals surface area contributed by atoms with E-state index in [0.717, 1.165) is 5.75 Å². The Morgan fingerprint density at radius 3 is 2.50 bits per heavy atom. The molecule has 0 aliphatic rings. The molecule has 1 rings (SSSR count). The molecule has 0 radical (unpaired) electrons. The minimum atomic E-state index is 1.02. The average Bonchev–Trinajstić information content (AvgIpc) is 2.15. The van der Waals surface area contributed by atoms with Gasteiger partial charge < -0.3 is 0 Å². The van der Waals surface area contributed by atoms with E-state index < -0.39 is 0 Å². The molecule has 0 aromatic heterocycles. The van der Waals surface area contributed by atoms with Crippen LogP contribution in [-0.2, 0) is 6.42 Å². The van der Waals surface area contributed by atoms with Gasteiger partial charge in [0.2, 0.25) is 0 Å². The standard InChI is InChI=1S/C13H20S/c1-11-7-8-13(12(2)10-11)6-4-3-5-9-14/h7-8,10,14H,3-6,9H2,1-2H3. The summed E-state index contributed by atoms with van der Waals surface area (Å²) in [4.78, 5) is 0. The van der Waals surface area contributed by atoms with Crippen molar-refractivity contribution in [2.75, 3.05) is 5.75 Å². The predicted molar refractivity (Wildman–Crippen MR) is 67.3 cm³/mol. The summed E-state index contributed by atoms with van der Waals surface area (Å²) < 4.78 is 0. The zero-order valence-electron chi connectivity index (χ0n) is 9.21. The van der Waals surface area contributed by atoms with E-state index >= 15 is 0 Å². The summed E-state index contributed by atoms with van der Waals surface area (Å²) in [5.41, 5.74) is 4.31. The number of hydrogen-bond donors (Lipinski definition) is 1. The molecule has 78 valence electrons. The fraction of sp³-hybridized carbons (Fsp3) is 0.538. The van der Waals surface area contributed by atoms with Crippen molar-refractivity contribution in [2.24, 2.45) is 0 Å². The van der Waals surface area contributed by atoms with Crippen molar-refractivity contribution >= 4 is 12.6 Å². The van der Waals surface area contributed by atoms with Crippen molar-refractivity contribution in [1.82, 2.24) is 0 Å². The van der Waals surface area contributed by atoms with Crippen LogP contribution >= 0.6 is 12.6 Å².